The first-order valence-electron chi connectivity index (χ1n) is 6.37. The molecule has 0 radical (unpaired) electrons. The van der Waals surface area contributed by atoms with Gasteiger partial charge in [0.15, 0.2) is 5.75 Å². The minimum atomic E-state index is -0.437. The SMILES string of the molecule is Nc1cccc(CCCOc2ccccc2[N+](=O)[O-])c1. The predicted molar refractivity (Wildman–Crippen MR) is 77.8 cm³/mol. The molecule has 0 aliphatic rings. The molecule has 0 aliphatic carbocycles. The Balaban J connectivity index is 1.86. The van der Waals surface area contributed by atoms with Gasteiger partial charge in [0.1, 0.15) is 0 Å². The Kier molecular flexibility index (Phi) is 4.55. The van der Waals surface area contributed by atoms with Crippen molar-refractivity contribution < 1.29 is 9.66 Å². The van der Waals surface area contributed by atoms with Gasteiger partial charge in [-0.1, -0.05) is 24.3 Å². The van der Waals surface area contributed by atoms with Crippen molar-refractivity contribution >= 4 is 11.4 Å². The number of nitrogens with zero attached hydrogens (tertiary/aromatic N) is 1. The zero-order valence-corrected chi connectivity index (χ0v) is 11.0. The zero-order valence-electron chi connectivity index (χ0n) is 11.0. The molecule has 0 heterocycles. The Morgan fingerprint density at radius 2 is 1.95 bits per heavy atom. The van der Waals surface area contributed by atoms with Gasteiger partial charge in [-0.2, -0.15) is 0 Å². The second-order valence-electron chi connectivity index (χ2n) is 4.42. The van der Waals surface area contributed by atoms with Crippen LogP contribution in [0.4, 0.5) is 11.4 Å². The molecule has 0 saturated carbocycles. The first-order valence-corrected chi connectivity index (χ1v) is 6.37. The van der Waals surface area contributed by atoms with Crippen LogP contribution >= 0.6 is 0 Å². The van der Waals surface area contributed by atoms with E-state index in [0.29, 0.717) is 12.4 Å². The summed E-state index contributed by atoms with van der Waals surface area (Å²) in [6.07, 6.45) is 1.60. The van der Waals surface area contributed by atoms with Crippen LogP contribution in [0.2, 0.25) is 0 Å². The monoisotopic (exact) mass is 272 g/mol. The molecule has 0 saturated heterocycles. The molecule has 0 atom stereocenters. The second kappa shape index (κ2) is 6.56. The minimum absolute atomic E-state index is 0.00328. The summed E-state index contributed by atoms with van der Waals surface area (Å²) in [6.45, 7) is 0.430. The van der Waals surface area contributed by atoms with Crippen LogP contribution in [-0.4, -0.2) is 11.5 Å². The minimum Gasteiger partial charge on any atom is -0.487 e. The van der Waals surface area contributed by atoms with E-state index >= 15 is 0 Å². The van der Waals surface area contributed by atoms with Gasteiger partial charge in [-0.25, -0.2) is 0 Å². The molecular formula is C15H16N2O3. The Labute approximate surface area is 117 Å². The number of ether oxygens (including phenoxy) is 1. The fourth-order valence-electron chi connectivity index (χ4n) is 1.94. The van der Waals surface area contributed by atoms with E-state index in [1.807, 2.05) is 24.3 Å². The Morgan fingerprint density at radius 1 is 1.15 bits per heavy atom. The van der Waals surface area contributed by atoms with Crippen LogP contribution in [-0.2, 0) is 6.42 Å². The fourth-order valence-corrected chi connectivity index (χ4v) is 1.94. The standard InChI is InChI=1S/C15H16N2O3/c16-13-7-3-5-12(11-13)6-4-10-20-15-9-2-1-8-14(15)17(18)19/h1-3,5,7-9,11H,4,6,10,16H2. The highest BCUT2D eigenvalue weighted by Crippen LogP contribution is 2.25. The van der Waals surface area contributed by atoms with Gasteiger partial charge in [0.2, 0.25) is 0 Å². The number of benzene rings is 2. The highest BCUT2D eigenvalue weighted by atomic mass is 16.6. The largest absolute Gasteiger partial charge is 0.487 e. The van der Waals surface area contributed by atoms with Crippen molar-refractivity contribution in [2.75, 3.05) is 12.3 Å². The molecule has 20 heavy (non-hydrogen) atoms. The third kappa shape index (κ3) is 3.71. The lowest BCUT2D eigenvalue weighted by Gasteiger charge is -2.07. The summed E-state index contributed by atoms with van der Waals surface area (Å²) in [7, 11) is 0. The maximum absolute atomic E-state index is 10.8. The van der Waals surface area contributed by atoms with Crippen molar-refractivity contribution in [3.05, 3.63) is 64.2 Å². The van der Waals surface area contributed by atoms with Gasteiger partial charge in [0.25, 0.3) is 0 Å². The van der Waals surface area contributed by atoms with Crippen molar-refractivity contribution in [1.29, 1.82) is 0 Å². The molecular weight excluding hydrogens is 256 g/mol. The van der Waals surface area contributed by atoms with Gasteiger partial charge in [0.05, 0.1) is 11.5 Å². The van der Waals surface area contributed by atoms with E-state index in [4.69, 9.17) is 10.5 Å². The van der Waals surface area contributed by atoms with Crippen LogP contribution in [0.1, 0.15) is 12.0 Å². The van der Waals surface area contributed by atoms with Gasteiger partial charge in [0, 0.05) is 11.8 Å². The van der Waals surface area contributed by atoms with Crippen LogP contribution in [0.15, 0.2) is 48.5 Å². The quantitative estimate of drug-likeness (QED) is 0.379. The molecule has 0 spiro atoms. The summed E-state index contributed by atoms with van der Waals surface area (Å²) < 4.78 is 5.48. The van der Waals surface area contributed by atoms with E-state index in [9.17, 15) is 10.1 Å². The van der Waals surface area contributed by atoms with Crippen LogP contribution in [0.5, 0.6) is 5.75 Å². The number of rotatable bonds is 6. The van der Waals surface area contributed by atoms with Crippen molar-refractivity contribution in [2.24, 2.45) is 0 Å². The lowest BCUT2D eigenvalue weighted by Crippen LogP contribution is -2.02. The third-order valence-electron chi connectivity index (χ3n) is 2.88. The van der Waals surface area contributed by atoms with E-state index in [1.54, 1.807) is 18.2 Å². The summed E-state index contributed by atoms with van der Waals surface area (Å²) >= 11 is 0. The lowest BCUT2D eigenvalue weighted by atomic mass is 10.1. The molecule has 0 unspecified atom stereocenters. The third-order valence-corrected chi connectivity index (χ3v) is 2.88. The predicted octanol–water partition coefficient (Wildman–Crippen LogP) is 3.19. The van der Waals surface area contributed by atoms with Gasteiger partial charge in [-0.05, 0) is 36.6 Å². The molecule has 2 rings (SSSR count). The van der Waals surface area contributed by atoms with E-state index in [2.05, 4.69) is 0 Å². The first-order chi connectivity index (χ1) is 9.66. The number of hydrogen-bond donors (Lipinski definition) is 1. The number of nitrogen functional groups attached to an aromatic ring is 1. The number of aryl methyl sites for hydroxylation is 1. The number of para-hydroxylation sites is 2. The molecule has 2 N–H and O–H groups in total. The smallest absolute Gasteiger partial charge is 0.310 e. The van der Waals surface area contributed by atoms with Gasteiger partial charge in [-0.3, -0.25) is 10.1 Å². The highest BCUT2D eigenvalue weighted by Gasteiger charge is 2.12. The number of nitrogens with two attached hydrogens (primary N) is 1. The van der Waals surface area contributed by atoms with Gasteiger partial charge >= 0.3 is 5.69 Å². The van der Waals surface area contributed by atoms with Crippen LogP contribution in [0.25, 0.3) is 0 Å². The lowest BCUT2D eigenvalue weighted by molar-refractivity contribution is -0.385. The molecule has 104 valence electrons. The Morgan fingerprint density at radius 3 is 2.70 bits per heavy atom. The maximum atomic E-state index is 10.8. The summed E-state index contributed by atoms with van der Waals surface area (Å²) in [6, 6.07) is 14.1. The molecule has 0 aliphatic heterocycles. The van der Waals surface area contributed by atoms with Crippen molar-refractivity contribution in [3.8, 4) is 5.75 Å². The van der Waals surface area contributed by atoms with Crippen LogP contribution in [0, 0.1) is 10.1 Å². The zero-order chi connectivity index (χ0) is 14.4. The number of nitro groups is 1. The highest BCUT2D eigenvalue weighted by molar-refractivity contribution is 5.45. The van der Waals surface area contributed by atoms with E-state index in [1.165, 1.54) is 6.07 Å². The Bertz CT molecular complexity index is 599. The van der Waals surface area contributed by atoms with Gasteiger partial charge < -0.3 is 10.5 Å². The van der Waals surface area contributed by atoms with Crippen LogP contribution in [0.3, 0.4) is 0 Å². The summed E-state index contributed by atoms with van der Waals surface area (Å²) in [4.78, 5) is 10.4. The molecule has 0 aromatic heterocycles. The molecule has 0 bridgehead atoms. The first kappa shape index (κ1) is 13.9. The normalized spacial score (nSPS) is 10.2. The maximum Gasteiger partial charge on any atom is 0.310 e. The number of nitro benzene ring substituents is 1. The summed E-state index contributed by atoms with van der Waals surface area (Å²) in [5.74, 6) is 0.310. The molecule has 5 heteroatoms. The molecule has 0 amide bonds. The molecule has 0 fully saturated rings. The van der Waals surface area contributed by atoms with Crippen molar-refractivity contribution in [3.63, 3.8) is 0 Å². The fraction of sp³-hybridized carbons (Fsp3) is 0.200. The number of hydrogen-bond acceptors (Lipinski definition) is 4. The summed E-state index contributed by atoms with van der Waals surface area (Å²) in [5, 5.41) is 10.8. The van der Waals surface area contributed by atoms with Crippen LogP contribution < -0.4 is 10.5 Å². The second-order valence-corrected chi connectivity index (χ2v) is 4.42. The van der Waals surface area contributed by atoms with Gasteiger partial charge in [-0.15, -0.1) is 0 Å². The van der Waals surface area contributed by atoms with Crippen molar-refractivity contribution in [1.82, 2.24) is 0 Å². The number of anilines is 1. The topological polar surface area (TPSA) is 78.4 Å². The molecule has 2 aromatic rings. The van der Waals surface area contributed by atoms with E-state index in [0.717, 1.165) is 24.1 Å². The van der Waals surface area contributed by atoms with Crippen molar-refractivity contribution in [2.45, 2.75) is 12.8 Å². The molecule has 2 aromatic carbocycles. The van der Waals surface area contributed by atoms with E-state index in [-0.39, 0.29) is 5.69 Å². The van der Waals surface area contributed by atoms with E-state index < -0.39 is 4.92 Å². The average Bonchev–Trinajstić information content (AvgIpc) is 2.44. The molecule has 5 nitrogen and oxygen atoms in total. The average molecular weight is 272 g/mol. The Hall–Kier alpha value is -2.56. The summed E-state index contributed by atoms with van der Waals surface area (Å²) in [5.41, 5.74) is 7.57.